The molecule has 2 rings (SSSR count). The van der Waals surface area contributed by atoms with Crippen molar-refractivity contribution in [1.29, 1.82) is 0 Å². The van der Waals surface area contributed by atoms with Crippen LogP contribution in [0.4, 0.5) is 0 Å². The van der Waals surface area contributed by atoms with Gasteiger partial charge in [0.2, 0.25) is 0 Å². The van der Waals surface area contributed by atoms with Crippen molar-refractivity contribution >= 4 is 5.97 Å². The van der Waals surface area contributed by atoms with Gasteiger partial charge in [-0.05, 0) is 31.0 Å². The molecule has 0 radical (unpaired) electrons. The van der Waals surface area contributed by atoms with Crippen LogP contribution in [0.1, 0.15) is 17.8 Å². The molecular formula is C14H14N2O3. The molecule has 0 saturated heterocycles. The van der Waals surface area contributed by atoms with E-state index in [1.807, 2.05) is 24.3 Å². The van der Waals surface area contributed by atoms with Crippen molar-refractivity contribution < 1.29 is 14.6 Å². The van der Waals surface area contributed by atoms with Crippen molar-refractivity contribution in [3.8, 4) is 11.5 Å². The molecule has 0 amide bonds. The summed E-state index contributed by atoms with van der Waals surface area (Å²) < 4.78 is 5.61. The number of nitrogens with zero attached hydrogens (tertiary/aromatic N) is 2. The molecule has 0 atom stereocenters. The van der Waals surface area contributed by atoms with Gasteiger partial charge in [-0.25, -0.2) is 9.97 Å². The van der Waals surface area contributed by atoms with Crippen LogP contribution in [-0.4, -0.2) is 21.0 Å². The predicted octanol–water partition coefficient (Wildman–Crippen LogP) is 2.59. The van der Waals surface area contributed by atoms with Crippen LogP contribution in [0, 0.1) is 6.92 Å². The summed E-state index contributed by atoms with van der Waals surface area (Å²) in [6.07, 6.45) is 3.80. The minimum Gasteiger partial charge on any atom is -0.481 e. The lowest BCUT2D eigenvalue weighted by Crippen LogP contribution is -1.97. The maximum absolute atomic E-state index is 10.5. The molecule has 19 heavy (non-hydrogen) atoms. The van der Waals surface area contributed by atoms with Crippen molar-refractivity contribution in [2.24, 2.45) is 0 Å². The fourth-order valence-corrected chi connectivity index (χ4v) is 1.59. The quantitative estimate of drug-likeness (QED) is 0.892. The average Bonchev–Trinajstić information content (AvgIpc) is 2.40. The molecule has 0 bridgehead atoms. The van der Waals surface area contributed by atoms with Crippen LogP contribution in [0.5, 0.6) is 11.5 Å². The van der Waals surface area contributed by atoms with Crippen LogP contribution in [-0.2, 0) is 11.2 Å². The number of aromatic nitrogens is 2. The van der Waals surface area contributed by atoms with E-state index in [1.165, 1.54) is 0 Å². The van der Waals surface area contributed by atoms with Gasteiger partial charge in [0.05, 0.1) is 12.4 Å². The minimum absolute atomic E-state index is 0.108. The van der Waals surface area contributed by atoms with Gasteiger partial charge < -0.3 is 9.84 Å². The van der Waals surface area contributed by atoms with Crippen molar-refractivity contribution in [2.75, 3.05) is 0 Å². The summed E-state index contributed by atoms with van der Waals surface area (Å²) in [4.78, 5) is 18.6. The Bertz CT molecular complexity index is 567. The summed E-state index contributed by atoms with van der Waals surface area (Å²) in [6, 6.07) is 7.34. The van der Waals surface area contributed by atoms with E-state index in [9.17, 15) is 4.79 Å². The molecule has 1 N–H and O–H groups in total. The van der Waals surface area contributed by atoms with Gasteiger partial charge in [0.1, 0.15) is 11.6 Å². The molecule has 0 spiro atoms. The lowest BCUT2D eigenvalue weighted by atomic mass is 10.1. The van der Waals surface area contributed by atoms with Gasteiger partial charge in [-0.3, -0.25) is 4.79 Å². The second-order valence-electron chi connectivity index (χ2n) is 4.11. The van der Waals surface area contributed by atoms with Gasteiger partial charge in [0.15, 0.2) is 5.75 Å². The molecule has 98 valence electrons. The molecule has 0 saturated carbocycles. The Kier molecular flexibility index (Phi) is 4.07. The third kappa shape index (κ3) is 4.06. The number of ether oxygens (including phenoxy) is 1. The van der Waals surface area contributed by atoms with E-state index in [4.69, 9.17) is 9.84 Å². The van der Waals surface area contributed by atoms with Crippen LogP contribution in [0.3, 0.4) is 0 Å². The Morgan fingerprint density at radius 2 is 2.00 bits per heavy atom. The van der Waals surface area contributed by atoms with Crippen molar-refractivity contribution in [2.45, 2.75) is 19.8 Å². The normalized spacial score (nSPS) is 10.2. The van der Waals surface area contributed by atoms with Crippen LogP contribution >= 0.6 is 0 Å². The third-order valence-corrected chi connectivity index (χ3v) is 2.52. The maximum atomic E-state index is 10.5. The first-order valence-corrected chi connectivity index (χ1v) is 5.91. The second kappa shape index (κ2) is 5.95. The molecule has 0 fully saturated rings. The van der Waals surface area contributed by atoms with Gasteiger partial charge in [-0.1, -0.05) is 12.1 Å². The fraction of sp³-hybridized carbons (Fsp3) is 0.214. The van der Waals surface area contributed by atoms with Crippen molar-refractivity contribution in [1.82, 2.24) is 9.97 Å². The van der Waals surface area contributed by atoms with E-state index in [-0.39, 0.29) is 6.42 Å². The van der Waals surface area contributed by atoms with Crippen LogP contribution in [0.25, 0.3) is 0 Å². The number of hydrogen-bond acceptors (Lipinski definition) is 4. The number of hydrogen-bond donors (Lipinski definition) is 1. The van der Waals surface area contributed by atoms with Crippen LogP contribution in [0.2, 0.25) is 0 Å². The smallest absolute Gasteiger partial charge is 0.303 e. The SMILES string of the molecule is Cc1ncc(Oc2cccc(CCC(=O)O)c2)cn1. The molecule has 0 aliphatic carbocycles. The van der Waals surface area contributed by atoms with Gasteiger partial charge in [-0.2, -0.15) is 0 Å². The van der Waals surface area contributed by atoms with Crippen molar-refractivity contribution in [3.63, 3.8) is 0 Å². The van der Waals surface area contributed by atoms with Gasteiger partial charge in [0, 0.05) is 6.42 Å². The third-order valence-electron chi connectivity index (χ3n) is 2.52. The Labute approximate surface area is 110 Å². The number of aryl methyl sites for hydroxylation is 2. The fourth-order valence-electron chi connectivity index (χ4n) is 1.59. The van der Waals surface area contributed by atoms with Crippen LogP contribution in [0.15, 0.2) is 36.7 Å². The molecule has 1 aromatic carbocycles. The molecule has 2 aromatic rings. The monoisotopic (exact) mass is 258 g/mol. The first-order valence-electron chi connectivity index (χ1n) is 5.91. The number of carbonyl (C=O) groups is 1. The molecular weight excluding hydrogens is 244 g/mol. The summed E-state index contributed by atoms with van der Waals surface area (Å²) in [7, 11) is 0. The molecule has 0 aliphatic heterocycles. The zero-order valence-corrected chi connectivity index (χ0v) is 10.5. The number of carboxylic acids is 1. The average molecular weight is 258 g/mol. The van der Waals surface area contributed by atoms with Gasteiger partial charge in [0.25, 0.3) is 0 Å². The summed E-state index contributed by atoms with van der Waals surface area (Å²) in [6.45, 7) is 1.80. The minimum atomic E-state index is -0.807. The lowest BCUT2D eigenvalue weighted by molar-refractivity contribution is -0.136. The first-order chi connectivity index (χ1) is 9.13. The highest BCUT2D eigenvalue weighted by atomic mass is 16.5. The van der Waals surface area contributed by atoms with E-state index in [0.717, 1.165) is 5.56 Å². The first kappa shape index (κ1) is 13.0. The highest BCUT2D eigenvalue weighted by Gasteiger charge is 2.02. The highest BCUT2D eigenvalue weighted by molar-refractivity contribution is 5.67. The van der Waals surface area contributed by atoms with E-state index >= 15 is 0 Å². The van der Waals surface area contributed by atoms with Crippen LogP contribution < -0.4 is 4.74 Å². The highest BCUT2D eigenvalue weighted by Crippen LogP contribution is 2.21. The molecule has 5 heteroatoms. The standard InChI is InChI=1S/C14H14N2O3/c1-10-15-8-13(9-16-10)19-12-4-2-3-11(7-12)5-6-14(17)18/h2-4,7-9H,5-6H2,1H3,(H,17,18). The zero-order valence-electron chi connectivity index (χ0n) is 10.5. The summed E-state index contributed by atoms with van der Waals surface area (Å²) >= 11 is 0. The predicted molar refractivity (Wildman–Crippen MR) is 69.2 cm³/mol. The van der Waals surface area contributed by atoms with Gasteiger partial charge in [-0.15, -0.1) is 0 Å². The largest absolute Gasteiger partial charge is 0.481 e. The van der Waals surface area contributed by atoms with E-state index in [1.54, 1.807) is 19.3 Å². The molecule has 1 heterocycles. The molecule has 1 aromatic heterocycles. The van der Waals surface area contributed by atoms with E-state index in [2.05, 4.69) is 9.97 Å². The van der Waals surface area contributed by atoms with E-state index in [0.29, 0.717) is 23.7 Å². The zero-order chi connectivity index (χ0) is 13.7. The van der Waals surface area contributed by atoms with E-state index < -0.39 is 5.97 Å². The van der Waals surface area contributed by atoms with Crippen molar-refractivity contribution in [3.05, 3.63) is 48.0 Å². The Morgan fingerprint density at radius 3 is 2.68 bits per heavy atom. The number of aliphatic carboxylic acids is 1. The number of carboxylic acid groups (broad SMARTS) is 1. The topological polar surface area (TPSA) is 72.3 Å². The Morgan fingerprint density at radius 1 is 1.26 bits per heavy atom. The summed E-state index contributed by atoms with van der Waals surface area (Å²) in [5, 5.41) is 8.66. The Hall–Kier alpha value is -2.43. The number of benzene rings is 1. The second-order valence-corrected chi connectivity index (χ2v) is 4.11. The Balaban J connectivity index is 2.06. The summed E-state index contributed by atoms with van der Waals surface area (Å²) in [5.74, 6) is 1.08. The molecule has 0 aliphatic rings. The maximum Gasteiger partial charge on any atom is 0.303 e. The summed E-state index contributed by atoms with van der Waals surface area (Å²) in [5.41, 5.74) is 0.924. The molecule has 5 nitrogen and oxygen atoms in total. The van der Waals surface area contributed by atoms with Gasteiger partial charge >= 0.3 is 5.97 Å². The molecule has 0 unspecified atom stereocenters. The lowest BCUT2D eigenvalue weighted by Gasteiger charge is -2.06. The number of rotatable bonds is 5.